The maximum Gasteiger partial charge on any atom is 0.416 e. The number of nitrogens with zero attached hydrogens (tertiary/aromatic N) is 1. The second kappa shape index (κ2) is 10.2. The summed E-state index contributed by atoms with van der Waals surface area (Å²) in [6, 6.07) is 12.2. The van der Waals surface area contributed by atoms with Gasteiger partial charge in [0, 0.05) is 26.7 Å². The van der Waals surface area contributed by atoms with Crippen LogP contribution in [0.2, 0.25) is 0 Å². The van der Waals surface area contributed by atoms with E-state index in [9.17, 15) is 18.0 Å². The zero-order valence-electron chi connectivity index (χ0n) is 19.0. The second-order valence-electron chi connectivity index (χ2n) is 9.19. The number of benzene rings is 2. The van der Waals surface area contributed by atoms with E-state index >= 15 is 0 Å². The van der Waals surface area contributed by atoms with Gasteiger partial charge in [-0.05, 0) is 53.6 Å². The van der Waals surface area contributed by atoms with Crippen molar-refractivity contribution in [1.29, 1.82) is 0 Å². The van der Waals surface area contributed by atoms with Gasteiger partial charge in [0.2, 0.25) is 5.91 Å². The highest BCUT2D eigenvalue weighted by Crippen LogP contribution is 2.41. The van der Waals surface area contributed by atoms with Crippen LogP contribution in [0.4, 0.5) is 13.2 Å². The van der Waals surface area contributed by atoms with Gasteiger partial charge in [-0.2, -0.15) is 13.2 Å². The highest BCUT2D eigenvalue weighted by molar-refractivity contribution is 5.79. The van der Waals surface area contributed by atoms with Crippen molar-refractivity contribution in [2.24, 2.45) is 5.92 Å². The fourth-order valence-electron chi connectivity index (χ4n) is 4.90. The molecule has 1 N–H and O–H groups in total. The van der Waals surface area contributed by atoms with Gasteiger partial charge in [-0.15, -0.1) is 0 Å². The highest BCUT2D eigenvalue weighted by atomic mass is 19.4. The molecule has 1 aliphatic heterocycles. The van der Waals surface area contributed by atoms with Gasteiger partial charge in [0.25, 0.3) is 0 Å². The molecule has 1 aliphatic carbocycles. The lowest BCUT2D eigenvalue weighted by Crippen LogP contribution is -2.52. The summed E-state index contributed by atoms with van der Waals surface area (Å²) in [5, 5.41) is 2.68. The molecule has 0 aromatic heterocycles. The quantitative estimate of drug-likeness (QED) is 0.593. The Morgan fingerprint density at radius 2 is 1.70 bits per heavy atom. The molecule has 0 unspecified atom stereocenters. The van der Waals surface area contributed by atoms with Gasteiger partial charge < -0.3 is 10.1 Å². The Labute approximate surface area is 193 Å². The average molecular weight is 461 g/mol. The zero-order valence-corrected chi connectivity index (χ0v) is 19.0. The summed E-state index contributed by atoms with van der Waals surface area (Å²) >= 11 is 0. The molecule has 1 saturated carbocycles. The molecule has 0 atom stereocenters. The molecule has 1 amide bonds. The van der Waals surface area contributed by atoms with Crippen molar-refractivity contribution in [1.82, 2.24) is 10.2 Å². The largest absolute Gasteiger partial charge is 0.489 e. The van der Waals surface area contributed by atoms with E-state index in [1.807, 2.05) is 24.3 Å². The minimum Gasteiger partial charge on any atom is -0.489 e. The minimum absolute atomic E-state index is 0.0286. The van der Waals surface area contributed by atoms with Crippen LogP contribution in [-0.2, 0) is 24.1 Å². The summed E-state index contributed by atoms with van der Waals surface area (Å²) in [7, 11) is 1.66. The molecule has 1 heterocycles. The van der Waals surface area contributed by atoms with E-state index in [2.05, 4.69) is 10.2 Å². The van der Waals surface area contributed by atoms with E-state index < -0.39 is 11.7 Å². The van der Waals surface area contributed by atoms with Crippen molar-refractivity contribution >= 4 is 5.91 Å². The first-order valence-electron chi connectivity index (χ1n) is 11.7. The SMILES string of the molecule is CNC(=O)C1CN(Cc2ccc(OCc3ccc(C(F)(F)F)c(C4CCCCC4)c3)cc2)C1. The van der Waals surface area contributed by atoms with Crippen molar-refractivity contribution in [3.63, 3.8) is 0 Å². The summed E-state index contributed by atoms with van der Waals surface area (Å²) in [5.41, 5.74) is 1.80. The number of carbonyl (C=O) groups excluding carboxylic acids is 1. The lowest BCUT2D eigenvalue weighted by molar-refractivity contribution is -0.138. The van der Waals surface area contributed by atoms with Crippen molar-refractivity contribution in [2.75, 3.05) is 20.1 Å². The number of nitrogens with one attached hydrogen (secondary N) is 1. The number of ether oxygens (including phenoxy) is 1. The molecule has 7 heteroatoms. The van der Waals surface area contributed by atoms with Gasteiger partial charge in [0.1, 0.15) is 12.4 Å². The smallest absolute Gasteiger partial charge is 0.416 e. The molecule has 2 aromatic carbocycles. The summed E-state index contributed by atoms with van der Waals surface area (Å²) in [6.07, 6.45) is 0.366. The van der Waals surface area contributed by atoms with Crippen LogP contribution in [0, 0.1) is 5.92 Å². The van der Waals surface area contributed by atoms with Gasteiger partial charge >= 0.3 is 6.18 Å². The Balaban J connectivity index is 1.35. The molecular weight excluding hydrogens is 429 g/mol. The van der Waals surface area contributed by atoms with Crippen LogP contribution in [0.5, 0.6) is 5.75 Å². The fraction of sp³-hybridized carbons (Fsp3) is 0.500. The fourth-order valence-corrected chi connectivity index (χ4v) is 4.90. The molecule has 33 heavy (non-hydrogen) atoms. The predicted octanol–water partition coefficient (Wildman–Crippen LogP) is 5.51. The predicted molar refractivity (Wildman–Crippen MR) is 121 cm³/mol. The topological polar surface area (TPSA) is 41.6 Å². The van der Waals surface area contributed by atoms with Crippen LogP contribution in [0.25, 0.3) is 0 Å². The molecule has 4 rings (SSSR count). The third kappa shape index (κ3) is 5.88. The molecule has 2 aromatic rings. The highest BCUT2D eigenvalue weighted by Gasteiger charge is 2.35. The summed E-state index contributed by atoms with van der Waals surface area (Å²) in [6.45, 7) is 2.53. The first-order valence-corrected chi connectivity index (χ1v) is 11.7. The Morgan fingerprint density at radius 1 is 1.03 bits per heavy atom. The van der Waals surface area contributed by atoms with Crippen molar-refractivity contribution in [3.05, 3.63) is 64.7 Å². The lowest BCUT2D eigenvalue weighted by Gasteiger charge is -2.38. The molecule has 178 valence electrons. The van der Waals surface area contributed by atoms with Gasteiger partial charge in [-0.25, -0.2) is 0 Å². The van der Waals surface area contributed by atoms with E-state index in [0.717, 1.165) is 62.9 Å². The number of carbonyl (C=O) groups is 1. The monoisotopic (exact) mass is 460 g/mol. The standard InChI is InChI=1S/C26H31F3N2O2/c1-30-25(32)21-15-31(16-21)14-18-7-10-22(11-8-18)33-17-19-9-12-24(26(27,28)29)23(13-19)20-5-3-2-4-6-20/h7-13,20-21H,2-6,14-17H2,1H3,(H,30,32). The van der Waals surface area contributed by atoms with Crippen molar-refractivity contribution in [3.8, 4) is 5.75 Å². The van der Waals surface area contributed by atoms with Crippen LogP contribution in [-0.4, -0.2) is 30.9 Å². The maximum absolute atomic E-state index is 13.6. The Hall–Kier alpha value is -2.54. The molecule has 0 radical (unpaired) electrons. The minimum atomic E-state index is -4.33. The van der Waals surface area contributed by atoms with Gasteiger partial charge in [0.05, 0.1) is 11.5 Å². The molecule has 2 fully saturated rings. The normalized spacial score (nSPS) is 18.1. The van der Waals surface area contributed by atoms with Crippen LogP contribution in [0.3, 0.4) is 0 Å². The van der Waals surface area contributed by atoms with Gasteiger partial charge in [-0.1, -0.05) is 43.5 Å². The van der Waals surface area contributed by atoms with Gasteiger partial charge in [-0.3, -0.25) is 9.69 Å². The second-order valence-corrected chi connectivity index (χ2v) is 9.19. The van der Waals surface area contributed by atoms with E-state index in [1.165, 1.54) is 12.1 Å². The van der Waals surface area contributed by atoms with Crippen molar-refractivity contribution in [2.45, 2.75) is 57.3 Å². The number of alkyl halides is 3. The number of likely N-dealkylation sites (tertiary alicyclic amines) is 1. The van der Waals surface area contributed by atoms with Crippen molar-refractivity contribution < 1.29 is 22.7 Å². The number of amides is 1. The molecule has 0 bridgehead atoms. The Morgan fingerprint density at radius 3 is 2.33 bits per heavy atom. The number of hydrogen-bond acceptors (Lipinski definition) is 3. The van der Waals surface area contributed by atoms with E-state index in [0.29, 0.717) is 11.3 Å². The van der Waals surface area contributed by atoms with E-state index in [1.54, 1.807) is 13.1 Å². The number of rotatable bonds is 7. The van der Waals surface area contributed by atoms with E-state index in [-0.39, 0.29) is 24.3 Å². The molecular formula is C26H31F3N2O2. The zero-order chi connectivity index (χ0) is 23.4. The number of hydrogen-bond donors (Lipinski definition) is 1. The summed E-state index contributed by atoms with van der Waals surface area (Å²) < 4.78 is 46.6. The first kappa shape index (κ1) is 23.6. The number of halogens is 3. The molecule has 4 nitrogen and oxygen atoms in total. The molecule has 0 spiro atoms. The third-order valence-electron chi connectivity index (χ3n) is 6.78. The third-order valence-corrected chi connectivity index (χ3v) is 6.78. The van der Waals surface area contributed by atoms with E-state index in [4.69, 9.17) is 4.74 Å². The van der Waals surface area contributed by atoms with Crippen LogP contribution in [0.15, 0.2) is 42.5 Å². The van der Waals surface area contributed by atoms with Crippen LogP contribution < -0.4 is 10.1 Å². The molecule has 2 aliphatic rings. The Kier molecular flexibility index (Phi) is 7.27. The average Bonchev–Trinajstić information content (AvgIpc) is 2.80. The molecule has 1 saturated heterocycles. The summed E-state index contributed by atoms with van der Waals surface area (Å²) in [5.74, 6) is 0.813. The maximum atomic E-state index is 13.6. The summed E-state index contributed by atoms with van der Waals surface area (Å²) in [4.78, 5) is 13.8. The first-order chi connectivity index (χ1) is 15.8. The van der Waals surface area contributed by atoms with Gasteiger partial charge in [0.15, 0.2) is 0 Å². The van der Waals surface area contributed by atoms with Crippen LogP contribution in [0.1, 0.15) is 60.3 Å². The van der Waals surface area contributed by atoms with Crippen LogP contribution >= 0.6 is 0 Å². The Bertz CT molecular complexity index is 947. The lowest BCUT2D eigenvalue weighted by atomic mass is 9.81.